The molecule has 103 heavy (non-hydrogen) atoms. The molecule has 25 heteroatoms. The molecule has 7 aliphatic rings. The summed E-state index contributed by atoms with van der Waals surface area (Å²) in [6, 6.07) is 26.9. The van der Waals surface area contributed by atoms with Crippen LogP contribution in [0.1, 0.15) is 155 Å². The average Bonchev–Trinajstić information content (AvgIpc) is 1.59. The van der Waals surface area contributed by atoms with Gasteiger partial charge in [-0.2, -0.15) is 0 Å². The second-order valence-electron chi connectivity index (χ2n) is 29.2. The topological polar surface area (TPSA) is 300 Å². The van der Waals surface area contributed by atoms with Crippen molar-refractivity contribution in [2.75, 3.05) is 56.9 Å². The summed E-state index contributed by atoms with van der Waals surface area (Å²) in [6.07, 6.45) is 4.52. The first-order chi connectivity index (χ1) is 49.5. The number of hydrogen-bond donors (Lipinski definition) is 3. The van der Waals surface area contributed by atoms with Crippen LogP contribution in [0.3, 0.4) is 0 Å². The summed E-state index contributed by atoms with van der Waals surface area (Å²) in [7, 11) is 2.97. The van der Waals surface area contributed by atoms with Gasteiger partial charge in [-0.1, -0.05) is 85.8 Å². The van der Waals surface area contributed by atoms with Crippen LogP contribution in [-0.2, 0) is 53.1 Å². The Kier molecular flexibility index (Phi) is 20.4. The molecule has 2 spiro atoms. The zero-order chi connectivity index (χ0) is 72.6. The summed E-state index contributed by atoms with van der Waals surface area (Å²) < 4.78 is 31.7. The van der Waals surface area contributed by atoms with Gasteiger partial charge in [0.2, 0.25) is 17.7 Å². The molecule has 2 saturated heterocycles. The van der Waals surface area contributed by atoms with Crippen molar-refractivity contribution in [3.8, 4) is 45.5 Å². The second-order valence-corrected chi connectivity index (χ2v) is 29.2. The van der Waals surface area contributed by atoms with Crippen LogP contribution in [0.5, 0.6) is 23.0 Å². The van der Waals surface area contributed by atoms with E-state index in [2.05, 4.69) is 20.9 Å². The molecule has 0 bridgehead atoms. The van der Waals surface area contributed by atoms with Crippen molar-refractivity contribution >= 4 is 76.3 Å². The lowest BCUT2D eigenvalue weighted by Crippen LogP contribution is -2.50. The van der Waals surface area contributed by atoms with Crippen LogP contribution in [0.2, 0.25) is 0 Å². The number of nitrogens with one attached hydrogen (secondary N) is 2. The first-order valence-electron chi connectivity index (χ1n) is 35.7. The Labute approximate surface area is 597 Å². The van der Waals surface area contributed by atoms with E-state index in [1.165, 1.54) is 26.4 Å². The van der Waals surface area contributed by atoms with E-state index in [4.69, 9.17) is 28.7 Å². The summed E-state index contributed by atoms with van der Waals surface area (Å²) in [5.74, 6) is -2.61. The van der Waals surface area contributed by atoms with Crippen molar-refractivity contribution in [1.29, 1.82) is 0 Å². The van der Waals surface area contributed by atoms with Crippen LogP contribution < -0.4 is 39.4 Å². The number of para-hydroxylation sites is 1. The average molecular weight is 1410 g/mol. The third-order valence-corrected chi connectivity index (χ3v) is 21.3. The minimum Gasteiger partial charge on any atom is -0.493 e. The van der Waals surface area contributed by atoms with E-state index in [1.807, 2.05) is 78.2 Å². The van der Waals surface area contributed by atoms with Crippen LogP contribution in [-0.4, -0.2) is 161 Å². The normalized spacial score (nSPS) is 18.9. The van der Waals surface area contributed by atoms with Gasteiger partial charge in [0.05, 0.1) is 92.5 Å². The van der Waals surface area contributed by atoms with Gasteiger partial charge in [0.25, 0.3) is 11.8 Å². The van der Waals surface area contributed by atoms with Crippen LogP contribution in [0.15, 0.2) is 102 Å². The number of methoxy groups -OCH3 is 2. The minimum atomic E-state index is -1.48. The maximum Gasteiger partial charge on any atom is 0.416 e. The predicted molar refractivity (Wildman–Crippen MR) is 380 cm³/mol. The highest BCUT2D eigenvalue weighted by molar-refractivity contribution is 6.07. The van der Waals surface area contributed by atoms with E-state index < -0.39 is 47.9 Å². The lowest BCUT2D eigenvalue weighted by atomic mass is 9.89. The second kappa shape index (κ2) is 29.6. The Morgan fingerprint density at radius 3 is 2.02 bits per heavy atom. The van der Waals surface area contributed by atoms with Gasteiger partial charge in [-0.3, -0.25) is 43.3 Å². The first kappa shape index (κ1) is 71.1. The van der Waals surface area contributed by atoms with E-state index in [0.29, 0.717) is 64.6 Å². The smallest absolute Gasteiger partial charge is 0.416 e. The number of benzene rings is 5. The quantitative estimate of drug-likeness (QED) is 0.0404. The van der Waals surface area contributed by atoms with Crippen LogP contribution in [0.4, 0.5) is 21.9 Å². The fraction of sp³-hybridized carbons (Fsp3) is 0.462. The maximum atomic E-state index is 14.5. The van der Waals surface area contributed by atoms with Gasteiger partial charge >= 0.3 is 6.09 Å². The molecule has 1 aromatic heterocycles. The largest absolute Gasteiger partial charge is 0.493 e. The molecule has 2 saturated carbocycles. The fourth-order valence-corrected chi connectivity index (χ4v) is 14.9. The van der Waals surface area contributed by atoms with Crippen LogP contribution in [0, 0.1) is 22.7 Å². The number of aliphatic imine (C=N–C) groups is 1. The van der Waals surface area contributed by atoms with E-state index >= 15 is 0 Å². The lowest BCUT2D eigenvalue weighted by Gasteiger charge is -2.31. The molecule has 6 aromatic rings. The number of carbonyl (C=O) groups excluding carboxylic acids is 9. The maximum absolute atomic E-state index is 14.5. The van der Waals surface area contributed by atoms with E-state index in [9.17, 15) is 48.3 Å². The Bertz CT molecular complexity index is 4370. The SMILES string of the molecule is COc1cc2c(cc1OCCCOc1cc3c(cc1OC)C(=O)N1CC4(CC4)C[C@H]1C(O)N3C(=O)OCc1ccc(CC(=O)[C@H](C)NC(=O)[C@@H](CC(=O)CNC(=O)CCC(=O)CCC(=O)N3Cc4ccccc4-c4c(nnn4C(C)C)-c4ccccc43)C(C)C)cc1)N=C[C@@H]1CC3(CC3)CN1C2=O. The highest BCUT2D eigenvalue weighted by Crippen LogP contribution is 2.58. The number of anilines is 2. The Hall–Kier alpha value is -10.3. The van der Waals surface area contributed by atoms with Gasteiger partial charge in [-0.05, 0) is 111 Å². The minimum absolute atomic E-state index is 0.0324. The zero-order valence-electron chi connectivity index (χ0n) is 59.2. The molecular formula is C78H88N10O15. The van der Waals surface area contributed by atoms with Crippen molar-refractivity contribution in [2.45, 2.75) is 162 Å². The molecule has 1 unspecified atom stereocenters. The van der Waals surface area contributed by atoms with Gasteiger partial charge in [-0.25, -0.2) is 14.4 Å². The van der Waals surface area contributed by atoms with Crippen molar-refractivity contribution in [3.63, 3.8) is 0 Å². The summed E-state index contributed by atoms with van der Waals surface area (Å²) in [5.41, 5.74) is 7.16. The standard InChI is InChI=1S/C78H88N10O15/c1-45(2)56(32-53(90)40-80-68(92)23-21-52(89)22-24-69(93)84-41-50-13-8-9-14-54(50)71-70(82-83-88(71)46(3)4)55-15-10-11-16-60(55)84)72(94)81-47(5)63(91)31-48-17-19-49(20-18-48)42-103-76(98)87-61-36-67(65(100-7)34-58(61)74(96)86-44-78(27-28-78)38-62(86)75(87)97)102-30-12-29-101-66-35-59-57(33-64(66)99-6)73(95)85-43-77(25-26-77)37-51(85)39-79-59/h8-11,13-20,33-36,39,45-47,51,56,62,75,97H,12,21-32,37-38,40-44H2,1-7H3,(H,80,92)(H,81,94)/t47-,51-,56-,62-,75?/m0/s1. The molecule has 5 aromatic carbocycles. The number of amides is 6. The molecular weight excluding hydrogens is 1320 g/mol. The number of aromatic nitrogens is 3. The number of ketones is 3. The molecule has 5 aliphatic heterocycles. The fourth-order valence-electron chi connectivity index (χ4n) is 14.9. The molecule has 0 radical (unpaired) electrons. The summed E-state index contributed by atoms with van der Waals surface area (Å²) in [5, 5.41) is 26.6. The number of hydrogen-bond acceptors (Lipinski definition) is 18. The molecule has 6 heterocycles. The highest BCUT2D eigenvalue weighted by Gasteiger charge is 2.58. The molecule has 4 fully saturated rings. The van der Waals surface area contributed by atoms with E-state index in [0.717, 1.165) is 65.9 Å². The monoisotopic (exact) mass is 1400 g/mol. The Morgan fingerprint density at radius 2 is 1.32 bits per heavy atom. The molecule has 3 N–H and O–H groups in total. The van der Waals surface area contributed by atoms with Gasteiger partial charge in [0.1, 0.15) is 18.1 Å². The third kappa shape index (κ3) is 15.0. The zero-order valence-corrected chi connectivity index (χ0v) is 59.2. The third-order valence-electron chi connectivity index (χ3n) is 21.3. The molecule has 25 nitrogen and oxygen atoms in total. The number of aliphatic hydroxyl groups excluding tert-OH is 1. The predicted octanol–water partition coefficient (Wildman–Crippen LogP) is 9.88. The summed E-state index contributed by atoms with van der Waals surface area (Å²) in [4.78, 5) is 134. The first-order valence-corrected chi connectivity index (χ1v) is 35.7. The molecule has 5 atom stereocenters. The molecule has 6 amide bonds. The van der Waals surface area contributed by atoms with Gasteiger partial charge < -0.3 is 54.1 Å². The van der Waals surface area contributed by atoms with Crippen molar-refractivity contribution in [2.24, 2.45) is 27.7 Å². The Morgan fingerprint density at radius 1 is 0.680 bits per heavy atom. The van der Waals surface area contributed by atoms with Crippen LogP contribution >= 0.6 is 0 Å². The van der Waals surface area contributed by atoms with E-state index in [1.54, 1.807) is 67.0 Å². The van der Waals surface area contributed by atoms with Crippen molar-refractivity contribution in [3.05, 3.63) is 125 Å². The van der Waals surface area contributed by atoms with Gasteiger partial charge in [0.15, 0.2) is 40.8 Å². The van der Waals surface area contributed by atoms with Crippen LogP contribution in [0.25, 0.3) is 22.5 Å². The van der Waals surface area contributed by atoms with Crippen molar-refractivity contribution in [1.82, 2.24) is 35.4 Å². The molecule has 2 aliphatic carbocycles. The summed E-state index contributed by atoms with van der Waals surface area (Å²) in [6.45, 7) is 10.3. The lowest BCUT2D eigenvalue weighted by molar-refractivity contribution is -0.133. The van der Waals surface area contributed by atoms with Gasteiger partial charge in [-0.15, -0.1) is 5.10 Å². The molecule has 13 rings (SSSR count). The number of aliphatic hydroxyl groups is 1. The Balaban J connectivity index is 0.567. The number of rotatable bonds is 27. The number of carbonyl (C=O) groups is 9. The number of nitrogens with zero attached hydrogens (tertiary/aromatic N) is 8. The summed E-state index contributed by atoms with van der Waals surface area (Å²) >= 11 is 0. The van der Waals surface area contributed by atoms with Crippen molar-refractivity contribution < 1.29 is 71.9 Å². The number of fused-ring (bicyclic) bond motifs is 9. The molecule has 540 valence electrons. The van der Waals surface area contributed by atoms with Gasteiger partial charge in [0, 0.05) is 99.5 Å². The van der Waals surface area contributed by atoms with E-state index in [-0.39, 0.29) is 152 Å². The number of Topliss-reactive ketones (excluding diaryl/α,β-unsaturated/α-hetero) is 3. The number of ether oxygens (including phenoxy) is 5. The highest BCUT2D eigenvalue weighted by atomic mass is 16.6.